The Hall–Kier alpha value is -2.51. The average Bonchev–Trinajstić information content (AvgIpc) is 3.32. The van der Waals surface area contributed by atoms with E-state index in [0.717, 1.165) is 18.2 Å². The van der Waals surface area contributed by atoms with E-state index in [2.05, 4.69) is 4.90 Å². The molecule has 0 radical (unpaired) electrons. The van der Waals surface area contributed by atoms with E-state index in [1.54, 1.807) is 0 Å². The molecule has 0 bridgehead atoms. The van der Waals surface area contributed by atoms with Gasteiger partial charge in [0.25, 0.3) is 5.91 Å². The maximum absolute atomic E-state index is 13.5. The molecule has 2 aromatic rings. The molecule has 2 aromatic carbocycles. The second-order valence-corrected chi connectivity index (χ2v) is 13.9. The highest BCUT2D eigenvalue weighted by atomic mass is 35.5. The minimum Gasteiger partial charge on any atom is -0.626 e. The monoisotopic (exact) mass is 629 g/mol. The molecule has 1 aliphatic carbocycles. The van der Waals surface area contributed by atoms with Gasteiger partial charge >= 0.3 is 12.1 Å². The summed E-state index contributed by atoms with van der Waals surface area (Å²) in [4.78, 5) is 30.2. The van der Waals surface area contributed by atoms with Crippen molar-refractivity contribution in [3.8, 4) is 0 Å². The van der Waals surface area contributed by atoms with Crippen LogP contribution in [-0.4, -0.2) is 73.5 Å². The third-order valence-electron chi connectivity index (χ3n) is 8.54. The molecule has 230 valence electrons. The fraction of sp³-hybridized carbons (Fsp3) is 0.517. The number of nitrogens with one attached hydrogen (secondary N) is 1. The van der Waals surface area contributed by atoms with Crippen LogP contribution in [0.1, 0.15) is 55.5 Å². The molecule has 2 amide bonds. The Kier molecular flexibility index (Phi) is 9.73. The molecule has 1 saturated heterocycles. The molecule has 0 spiro atoms. The number of hydrogen-bond donors (Lipinski definition) is 1. The van der Waals surface area contributed by atoms with Crippen molar-refractivity contribution in [3.05, 3.63) is 69.9 Å². The Labute approximate surface area is 248 Å². The van der Waals surface area contributed by atoms with Crippen LogP contribution in [-0.2, 0) is 20.8 Å². The van der Waals surface area contributed by atoms with Gasteiger partial charge in [-0.1, -0.05) is 17.7 Å². The molecule has 2 fully saturated rings. The fourth-order valence-electron chi connectivity index (χ4n) is 6.04. The van der Waals surface area contributed by atoms with Crippen molar-refractivity contribution in [2.75, 3.05) is 19.3 Å². The molecule has 1 saturated carbocycles. The summed E-state index contributed by atoms with van der Waals surface area (Å²) in [6, 6.07) is 7.99. The highest BCUT2D eigenvalue weighted by Gasteiger charge is 2.47. The van der Waals surface area contributed by atoms with Crippen molar-refractivity contribution < 1.29 is 36.2 Å². The van der Waals surface area contributed by atoms with Crippen molar-refractivity contribution in [2.24, 2.45) is 5.92 Å². The summed E-state index contributed by atoms with van der Waals surface area (Å²) in [7, 11) is -1.77. The molecule has 1 aliphatic heterocycles. The first kappa shape index (κ1) is 32.4. The van der Waals surface area contributed by atoms with Crippen LogP contribution in [0.15, 0.2) is 53.4 Å². The first-order valence-electron chi connectivity index (χ1n) is 13.9. The number of sulfone groups is 1. The van der Waals surface area contributed by atoms with Crippen LogP contribution in [0.4, 0.5) is 13.2 Å². The van der Waals surface area contributed by atoms with Crippen molar-refractivity contribution >= 4 is 33.3 Å². The van der Waals surface area contributed by atoms with Crippen LogP contribution in [0, 0.1) is 11.1 Å². The zero-order valence-corrected chi connectivity index (χ0v) is 25.2. The molecule has 1 unspecified atom stereocenters. The summed E-state index contributed by atoms with van der Waals surface area (Å²) < 4.78 is 66.3. The zero-order valence-electron chi connectivity index (χ0n) is 23.6. The molecule has 1 heterocycles. The van der Waals surface area contributed by atoms with Crippen LogP contribution in [0.2, 0.25) is 5.02 Å². The fourth-order valence-corrected chi connectivity index (χ4v) is 7.83. The van der Waals surface area contributed by atoms with Crippen LogP contribution < -0.4 is 5.06 Å². The predicted octanol–water partition coefficient (Wildman–Crippen LogP) is 3.83. The van der Waals surface area contributed by atoms with Crippen LogP contribution in [0.3, 0.4) is 0 Å². The van der Waals surface area contributed by atoms with Gasteiger partial charge in [-0.2, -0.15) is 13.2 Å². The number of benzene rings is 2. The van der Waals surface area contributed by atoms with Crippen LogP contribution in [0.25, 0.3) is 0 Å². The maximum Gasteiger partial charge on any atom is 0.416 e. The van der Waals surface area contributed by atoms with Crippen LogP contribution in [0.5, 0.6) is 0 Å². The Morgan fingerprint density at radius 2 is 1.81 bits per heavy atom. The standard InChI is InChI=1S/C29H35ClF3N3O5S/c1-18(2)34(3)23-9-12-25(20(16-23)17-42(40,41)24-10-7-22(30)8-11-24)35-14-13-26(28(35)38)36(39)27(37)19-5-4-6-21(15-19)29(31,32)33/h4-8,10-11,15,18,20,23,25-26,36H,9,12-14,16-17H2,1-3H3/t20-,23+,25-,26-/m0/s1. The highest BCUT2D eigenvalue weighted by molar-refractivity contribution is 7.91. The van der Waals surface area contributed by atoms with E-state index in [1.165, 1.54) is 29.2 Å². The maximum atomic E-state index is 13.5. The van der Waals surface area contributed by atoms with Crippen molar-refractivity contribution in [3.63, 3.8) is 0 Å². The summed E-state index contributed by atoms with van der Waals surface area (Å²) in [5.41, 5.74) is -1.49. The first-order valence-corrected chi connectivity index (χ1v) is 15.9. The molecule has 2 aliphatic rings. The van der Waals surface area contributed by atoms with Gasteiger partial charge in [0, 0.05) is 36.1 Å². The van der Waals surface area contributed by atoms with Gasteiger partial charge in [-0.3, -0.25) is 9.86 Å². The molecule has 0 aromatic heterocycles. The largest absolute Gasteiger partial charge is 0.626 e. The lowest BCUT2D eigenvalue weighted by Gasteiger charge is -2.44. The smallest absolute Gasteiger partial charge is 0.416 e. The number of likely N-dealkylation sites (tertiary alicyclic amines) is 1. The molecular weight excluding hydrogens is 595 g/mol. The number of amides is 2. The van der Waals surface area contributed by atoms with E-state index in [0.29, 0.717) is 30.4 Å². The molecular formula is C29H35ClF3N3O5S. The van der Waals surface area contributed by atoms with Gasteiger partial charge in [0.1, 0.15) is 0 Å². The summed E-state index contributed by atoms with van der Waals surface area (Å²) in [6.07, 6.45) is -2.93. The number of rotatable bonds is 8. The molecule has 1 N–H and O–H groups in total. The average molecular weight is 630 g/mol. The number of halogens is 4. The Bertz CT molecular complexity index is 1400. The second-order valence-electron chi connectivity index (χ2n) is 11.4. The zero-order chi connectivity index (χ0) is 31.0. The van der Waals surface area contributed by atoms with Gasteiger partial charge in [-0.05, 0) is 88.5 Å². The van der Waals surface area contributed by atoms with E-state index in [-0.39, 0.29) is 35.7 Å². The van der Waals surface area contributed by atoms with Crippen LogP contribution >= 0.6 is 11.6 Å². The quantitative estimate of drug-likeness (QED) is 0.446. The second kappa shape index (κ2) is 12.6. The third kappa shape index (κ3) is 6.99. The van der Waals surface area contributed by atoms with E-state index in [4.69, 9.17) is 11.6 Å². The Balaban J connectivity index is 1.55. The van der Waals surface area contributed by atoms with Gasteiger partial charge in [0.05, 0.1) is 21.8 Å². The number of nitrogens with zero attached hydrogens (tertiary/aromatic N) is 2. The topological polar surface area (TPSA) is 102 Å². The number of hydroxylamine groups is 2. The van der Waals surface area contributed by atoms with Gasteiger partial charge in [0.15, 0.2) is 15.9 Å². The van der Waals surface area contributed by atoms with Gasteiger partial charge < -0.3 is 15.0 Å². The number of hydrogen-bond acceptors (Lipinski definition) is 6. The van der Waals surface area contributed by atoms with Gasteiger partial charge in [0.2, 0.25) is 0 Å². The minimum absolute atomic E-state index is 0.0326. The van der Waals surface area contributed by atoms with E-state index < -0.39 is 62.0 Å². The van der Waals surface area contributed by atoms with Gasteiger partial charge in [-0.25, -0.2) is 13.2 Å². The predicted molar refractivity (Wildman–Crippen MR) is 152 cm³/mol. The van der Waals surface area contributed by atoms with E-state index in [9.17, 15) is 36.4 Å². The molecule has 5 atom stereocenters. The highest BCUT2D eigenvalue weighted by Crippen LogP contribution is 2.36. The van der Waals surface area contributed by atoms with Crippen molar-refractivity contribution in [2.45, 2.75) is 74.8 Å². The number of carbonyl (C=O) groups is 2. The third-order valence-corrected chi connectivity index (χ3v) is 10.7. The first-order chi connectivity index (χ1) is 19.6. The summed E-state index contributed by atoms with van der Waals surface area (Å²) >= 11 is 5.94. The Morgan fingerprint density at radius 1 is 1.14 bits per heavy atom. The number of quaternary nitrogens is 1. The lowest BCUT2D eigenvalue weighted by Crippen LogP contribution is -3.14. The number of alkyl halides is 3. The lowest BCUT2D eigenvalue weighted by molar-refractivity contribution is -0.776. The molecule has 4 rings (SSSR count). The summed E-state index contributed by atoms with van der Waals surface area (Å²) in [6.45, 7) is 4.25. The Morgan fingerprint density at radius 3 is 2.43 bits per heavy atom. The number of carbonyl (C=O) groups excluding carboxylic acids is 2. The SMILES string of the molecule is CC(C)N(C)[C@@H]1CC[C@H](N2CC[C@H]([NH+]([O-])C(=O)c3cccc(C(F)(F)F)c3)C2=O)[C@H](CS(=O)(=O)c2ccc(Cl)cc2)C1. The normalized spacial score (nSPS) is 24.4. The van der Waals surface area contributed by atoms with Crippen molar-refractivity contribution in [1.82, 2.24) is 9.80 Å². The van der Waals surface area contributed by atoms with Gasteiger partial charge in [-0.15, -0.1) is 0 Å². The molecule has 42 heavy (non-hydrogen) atoms. The molecule has 8 nitrogen and oxygen atoms in total. The van der Waals surface area contributed by atoms with E-state index in [1.807, 2.05) is 20.9 Å². The summed E-state index contributed by atoms with van der Waals surface area (Å²) in [5, 5.41) is 12.4. The summed E-state index contributed by atoms with van der Waals surface area (Å²) in [5.74, 6) is -2.39. The van der Waals surface area contributed by atoms with Crippen molar-refractivity contribution in [1.29, 1.82) is 0 Å². The lowest BCUT2D eigenvalue weighted by atomic mass is 9.81. The van der Waals surface area contributed by atoms with E-state index >= 15 is 0 Å². The minimum atomic E-state index is -4.69. The molecule has 13 heteroatoms.